The second-order valence-electron chi connectivity index (χ2n) is 6.91. The van der Waals surface area contributed by atoms with Gasteiger partial charge in [-0.25, -0.2) is 18.4 Å². The molecule has 0 aliphatic carbocycles. The van der Waals surface area contributed by atoms with Gasteiger partial charge in [0.2, 0.25) is 5.91 Å². The molecule has 1 amide bonds. The predicted molar refractivity (Wildman–Crippen MR) is 121 cm³/mol. The Kier molecular flexibility index (Phi) is 5.97. The van der Waals surface area contributed by atoms with E-state index in [0.717, 1.165) is 25.7 Å². The van der Waals surface area contributed by atoms with E-state index in [1.54, 1.807) is 27.6 Å². The maximum atomic E-state index is 12.9. The van der Waals surface area contributed by atoms with E-state index in [-0.39, 0.29) is 29.2 Å². The third-order valence-electron chi connectivity index (χ3n) is 4.94. The molecule has 0 saturated carbocycles. The Labute approximate surface area is 182 Å². The van der Waals surface area contributed by atoms with Gasteiger partial charge in [-0.1, -0.05) is 17.8 Å². The highest BCUT2D eigenvalue weighted by Crippen LogP contribution is 2.40. The molecule has 4 heterocycles. The summed E-state index contributed by atoms with van der Waals surface area (Å²) in [6.07, 6.45) is 0.524. The fourth-order valence-corrected chi connectivity index (χ4v) is 8.18. The quantitative estimate of drug-likeness (QED) is 0.405. The molecular weight excluding hydrogens is 446 g/mol. The van der Waals surface area contributed by atoms with Crippen LogP contribution in [-0.2, 0) is 14.6 Å². The lowest BCUT2D eigenvalue weighted by Crippen LogP contribution is -2.41. The summed E-state index contributed by atoms with van der Waals surface area (Å²) in [5, 5.41) is 5.94. The van der Waals surface area contributed by atoms with Crippen molar-refractivity contribution < 1.29 is 13.2 Å². The number of fused-ring (bicyclic) bond motifs is 1. The second-order valence-corrected chi connectivity index (χ2v) is 11.9. The Morgan fingerprint density at radius 1 is 1.34 bits per heavy atom. The first-order valence-electron chi connectivity index (χ1n) is 9.30. The molecule has 4 rings (SSSR count). The number of amides is 1. The number of hydrogen-bond acceptors (Lipinski definition) is 8. The Morgan fingerprint density at radius 3 is 2.83 bits per heavy atom. The van der Waals surface area contributed by atoms with Crippen LogP contribution in [0, 0.1) is 6.92 Å². The van der Waals surface area contributed by atoms with Crippen molar-refractivity contribution in [3.05, 3.63) is 28.7 Å². The zero-order valence-corrected chi connectivity index (χ0v) is 19.4. The minimum absolute atomic E-state index is 0.0445. The molecule has 0 bridgehead atoms. The molecule has 154 valence electrons. The van der Waals surface area contributed by atoms with Crippen molar-refractivity contribution in [3.63, 3.8) is 0 Å². The number of thioether (sulfide) groups is 1. The van der Waals surface area contributed by atoms with Crippen LogP contribution in [0.3, 0.4) is 0 Å². The SMILES string of the molecule is CCN(C(=O)CSc1nc(C)nc2scc(-c3cccs3)c12)C1CCS(=O)(=O)C1. The number of hydrogen-bond donors (Lipinski definition) is 0. The van der Waals surface area contributed by atoms with Crippen LogP contribution >= 0.6 is 34.4 Å². The van der Waals surface area contributed by atoms with Gasteiger partial charge in [-0.05, 0) is 31.7 Å². The van der Waals surface area contributed by atoms with E-state index in [1.165, 1.54) is 11.8 Å². The predicted octanol–water partition coefficient (Wildman–Crippen LogP) is 3.86. The molecule has 29 heavy (non-hydrogen) atoms. The summed E-state index contributed by atoms with van der Waals surface area (Å²) in [4.78, 5) is 25.9. The lowest BCUT2D eigenvalue weighted by atomic mass is 10.2. The number of carbonyl (C=O) groups is 1. The summed E-state index contributed by atoms with van der Waals surface area (Å²) in [5.41, 5.74) is 1.10. The second kappa shape index (κ2) is 8.33. The van der Waals surface area contributed by atoms with Gasteiger partial charge in [0.05, 0.1) is 22.6 Å². The van der Waals surface area contributed by atoms with Crippen molar-refractivity contribution in [2.24, 2.45) is 0 Å². The van der Waals surface area contributed by atoms with Crippen LogP contribution in [0.5, 0.6) is 0 Å². The fourth-order valence-electron chi connectivity index (χ4n) is 3.60. The first-order chi connectivity index (χ1) is 13.9. The van der Waals surface area contributed by atoms with Crippen LogP contribution in [0.2, 0.25) is 0 Å². The van der Waals surface area contributed by atoms with E-state index < -0.39 is 9.84 Å². The van der Waals surface area contributed by atoms with Gasteiger partial charge in [0.15, 0.2) is 9.84 Å². The summed E-state index contributed by atoms with van der Waals surface area (Å²) in [7, 11) is -3.03. The van der Waals surface area contributed by atoms with E-state index in [2.05, 4.69) is 21.4 Å². The molecule has 0 N–H and O–H groups in total. The molecule has 3 aromatic heterocycles. The number of thiophene rings is 2. The van der Waals surface area contributed by atoms with Crippen molar-refractivity contribution in [1.82, 2.24) is 14.9 Å². The van der Waals surface area contributed by atoms with Gasteiger partial charge in [0, 0.05) is 28.4 Å². The smallest absolute Gasteiger partial charge is 0.233 e. The summed E-state index contributed by atoms with van der Waals surface area (Å²) in [6, 6.07) is 3.88. The topological polar surface area (TPSA) is 80.2 Å². The molecule has 0 aromatic carbocycles. The molecule has 1 unspecified atom stereocenters. The summed E-state index contributed by atoms with van der Waals surface area (Å²) in [5.74, 6) is 1.11. The van der Waals surface area contributed by atoms with Gasteiger partial charge in [0.25, 0.3) is 0 Å². The van der Waals surface area contributed by atoms with Gasteiger partial charge in [-0.15, -0.1) is 22.7 Å². The van der Waals surface area contributed by atoms with Gasteiger partial charge >= 0.3 is 0 Å². The molecular formula is C19H21N3O3S4. The Bertz CT molecular complexity index is 1140. The number of sulfone groups is 1. The van der Waals surface area contributed by atoms with Crippen LogP contribution in [0.25, 0.3) is 20.7 Å². The van der Waals surface area contributed by atoms with Gasteiger partial charge in [-0.3, -0.25) is 4.79 Å². The molecule has 1 aliphatic rings. The average Bonchev–Trinajstić information content (AvgIpc) is 3.39. The minimum atomic E-state index is -3.03. The van der Waals surface area contributed by atoms with Crippen LogP contribution in [0.1, 0.15) is 19.2 Å². The van der Waals surface area contributed by atoms with E-state index in [9.17, 15) is 13.2 Å². The van der Waals surface area contributed by atoms with Gasteiger partial charge in [-0.2, -0.15) is 0 Å². The summed E-state index contributed by atoms with van der Waals surface area (Å²) < 4.78 is 23.6. The highest BCUT2D eigenvalue weighted by Gasteiger charge is 2.33. The van der Waals surface area contributed by atoms with Gasteiger partial charge in [0.1, 0.15) is 15.7 Å². The van der Waals surface area contributed by atoms with Crippen molar-refractivity contribution in [1.29, 1.82) is 0 Å². The monoisotopic (exact) mass is 467 g/mol. The maximum absolute atomic E-state index is 12.9. The zero-order chi connectivity index (χ0) is 20.6. The Hall–Kier alpha value is -1.49. The number of nitrogens with zero attached hydrogens (tertiary/aromatic N) is 3. The normalized spacial score (nSPS) is 18.3. The molecule has 6 nitrogen and oxygen atoms in total. The number of rotatable bonds is 6. The minimum Gasteiger partial charge on any atom is -0.338 e. The first-order valence-corrected chi connectivity index (χ1v) is 13.9. The first kappa shape index (κ1) is 20.8. The third kappa shape index (κ3) is 4.35. The molecule has 3 aromatic rings. The Morgan fingerprint density at radius 2 is 2.17 bits per heavy atom. The standard InChI is InChI=1S/C19H21N3O3S4/c1-3-22(13-6-8-29(24,25)11-13)16(23)10-28-19-17-14(15-5-4-7-26-15)9-27-18(17)20-12(2)21-19/h4-5,7,9,13H,3,6,8,10-11H2,1-2H3. The van der Waals surface area contributed by atoms with E-state index in [1.807, 2.05) is 25.3 Å². The average molecular weight is 468 g/mol. The largest absolute Gasteiger partial charge is 0.338 e. The van der Waals surface area contributed by atoms with Crippen molar-refractivity contribution in [3.8, 4) is 10.4 Å². The lowest BCUT2D eigenvalue weighted by Gasteiger charge is -2.26. The van der Waals surface area contributed by atoms with Crippen molar-refractivity contribution >= 4 is 60.4 Å². The maximum Gasteiger partial charge on any atom is 0.233 e. The van der Waals surface area contributed by atoms with Gasteiger partial charge < -0.3 is 4.90 Å². The highest BCUT2D eigenvalue weighted by atomic mass is 32.2. The summed E-state index contributed by atoms with van der Waals surface area (Å²) >= 11 is 4.66. The Balaban J connectivity index is 1.58. The summed E-state index contributed by atoms with van der Waals surface area (Å²) in [6.45, 7) is 4.27. The van der Waals surface area contributed by atoms with Crippen LogP contribution in [-0.4, -0.2) is 59.0 Å². The van der Waals surface area contributed by atoms with Crippen LogP contribution in [0.15, 0.2) is 27.9 Å². The van der Waals surface area contributed by atoms with E-state index in [0.29, 0.717) is 18.8 Å². The molecule has 0 radical (unpaired) electrons. The highest BCUT2D eigenvalue weighted by molar-refractivity contribution is 8.00. The number of carbonyl (C=O) groups excluding carboxylic acids is 1. The van der Waals surface area contributed by atoms with Crippen molar-refractivity contribution in [2.45, 2.75) is 31.3 Å². The lowest BCUT2D eigenvalue weighted by molar-refractivity contribution is -0.129. The van der Waals surface area contributed by atoms with Crippen LogP contribution < -0.4 is 0 Å². The fraction of sp³-hybridized carbons (Fsp3) is 0.421. The zero-order valence-electron chi connectivity index (χ0n) is 16.1. The number of aromatic nitrogens is 2. The molecule has 0 spiro atoms. The molecule has 1 fully saturated rings. The van der Waals surface area contributed by atoms with Crippen LogP contribution in [0.4, 0.5) is 0 Å². The molecule has 1 saturated heterocycles. The molecule has 1 aliphatic heterocycles. The molecule has 1 atom stereocenters. The third-order valence-corrected chi connectivity index (χ3v) is 9.43. The molecule has 10 heteroatoms. The number of aryl methyl sites for hydroxylation is 1. The van der Waals surface area contributed by atoms with E-state index >= 15 is 0 Å². The van der Waals surface area contributed by atoms with E-state index in [4.69, 9.17) is 0 Å². The van der Waals surface area contributed by atoms with Crippen molar-refractivity contribution in [2.75, 3.05) is 23.8 Å².